The first-order valence-corrected chi connectivity index (χ1v) is 15.9. The summed E-state index contributed by atoms with van der Waals surface area (Å²) in [6, 6.07) is 5.02. The summed E-state index contributed by atoms with van der Waals surface area (Å²) >= 11 is 0. The molecular formula is C33H56N6O4. The molecule has 1 aromatic carbocycles. The topological polar surface area (TPSA) is 161 Å². The molecule has 1 aromatic rings. The van der Waals surface area contributed by atoms with Gasteiger partial charge in [0.1, 0.15) is 6.04 Å². The summed E-state index contributed by atoms with van der Waals surface area (Å²) in [5.74, 6) is -0.246. The predicted octanol–water partition coefficient (Wildman–Crippen LogP) is 4.74. The fourth-order valence-electron chi connectivity index (χ4n) is 4.63. The molecule has 0 aliphatic heterocycles. The van der Waals surface area contributed by atoms with Crippen LogP contribution < -0.4 is 27.4 Å². The number of nitrogens with two attached hydrogens (primary N) is 2. The second kappa shape index (κ2) is 22.0. The summed E-state index contributed by atoms with van der Waals surface area (Å²) in [7, 11) is 1.41. The van der Waals surface area contributed by atoms with Crippen molar-refractivity contribution < 1.29 is 19.1 Å². The number of aliphatic imine (C=N–C) groups is 1. The number of aryl methyl sites for hydroxylation is 1. The minimum atomic E-state index is -0.440. The third-order valence-corrected chi connectivity index (χ3v) is 7.55. The lowest BCUT2D eigenvalue weighted by molar-refractivity contribution is -0.143. The molecular weight excluding hydrogens is 544 g/mol. The number of carbonyl (C=O) groups excluding carboxylic acids is 3. The maximum atomic E-state index is 12.6. The van der Waals surface area contributed by atoms with Crippen molar-refractivity contribution in [1.29, 1.82) is 0 Å². The largest absolute Gasteiger partial charge is 0.467 e. The van der Waals surface area contributed by atoms with Gasteiger partial charge in [-0.15, -0.1) is 0 Å². The van der Waals surface area contributed by atoms with Gasteiger partial charge in [0.15, 0.2) is 5.96 Å². The van der Waals surface area contributed by atoms with Crippen molar-refractivity contribution in [2.45, 2.75) is 117 Å². The van der Waals surface area contributed by atoms with Crippen LogP contribution in [0.2, 0.25) is 0 Å². The van der Waals surface area contributed by atoms with E-state index in [-0.39, 0.29) is 23.7 Å². The van der Waals surface area contributed by atoms with Crippen molar-refractivity contribution in [3.05, 3.63) is 46.2 Å². The van der Waals surface area contributed by atoms with E-state index in [2.05, 4.69) is 41.7 Å². The first-order valence-electron chi connectivity index (χ1n) is 15.9. The number of nitrogens with one attached hydrogen (secondary N) is 3. The molecule has 43 heavy (non-hydrogen) atoms. The number of guanidine groups is 1. The Bertz CT molecular complexity index is 1070. The van der Waals surface area contributed by atoms with Crippen LogP contribution in [0.5, 0.6) is 0 Å². The quantitative estimate of drug-likeness (QED) is 0.0556. The molecule has 1 atom stereocenters. The zero-order chi connectivity index (χ0) is 32.0. The highest BCUT2D eigenvalue weighted by atomic mass is 16.5. The number of methoxy groups -OCH3 is 1. The molecule has 0 aliphatic carbocycles. The van der Waals surface area contributed by atoms with Crippen molar-refractivity contribution in [2.24, 2.45) is 16.5 Å². The molecule has 1 unspecified atom stereocenters. The number of ether oxygens (including phenoxy) is 1. The third-order valence-electron chi connectivity index (χ3n) is 7.55. The minimum Gasteiger partial charge on any atom is -0.467 e. The summed E-state index contributed by atoms with van der Waals surface area (Å²) < 4.78 is 5.09. The van der Waals surface area contributed by atoms with E-state index in [4.69, 9.17) is 16.2 Å². The van der Waals surface area contributed by atoms with Crippen LogP contribution in [0.4, 0.5) is 0 Å². The molecule has 0 aromatic heterocycles. The average molecular weight is 601 g/mol. The molecule has 1 rings (SSSR count). The Labute approximate surface area is 258 Å². The van der Waals surface area contributed by atoms with E-state index in [9.17, 15) is 14.4 Å². The zero-order valence-electron chi connectivity index (χ0n) is 27.2. The van der Waals surface area contributed by atoms with Crippen LogP contribution in [0.15, 0.2) is 34.5 Å². The van der Waals surface area contributed by atoms with Crippen LogP contribution in [-0.2, 0) is 20.9 Å². The van der Waals surface area contributed by atoms with E-state index < -0.39 is 6.04 Å². The second-order valence-electron chi connectivity index (χ2n) is 11.1. The Hall–Kier alpha value is -3.56. The van der Waals surface area contributed by atoms with Gasteiger partial charge in [-0.05, 0) is 88.5 Å². The second-order valence-corrected chi connectivity index (χ2v) is 11.1. The summed E-state index contributed by atoms with van der Waals surface area (Å²) in [6.45, 7) is 9.90. The van der Waals surface area contributed by atoms with Crippen molar-refractivity contribution in [2.75, 3.05) is 20.2 Å². The molecule has 0 aliphatic rings. The number of rotatable bonds is 22. The number of nitrogens with zero attached hydrogens (tertiary/aromatic N) is 1. The average Bonchev–Trinajstić information content (AvgIpc) is 2.99. The predicted molar refractivity (Wildman–Crippen MR) is 174 cm³/mol. The van der Waals surface area contributed by atoms with Gasteiger partial charge in [0.05, 0.1) is 13.7 Å². The Morgan fingerprint density at radius 2 is 1.63 bits per heavy atom. The van der Waals surface area contributed by atoms with Crippen molar-refractivity contribution in [3.63, 3.8) is 0 Å². The first kappa shape index (κ1) is 37.5. The fourth-order valence-corrected chi connectivity index (χ4v) is 4.63. The van der Waals surface area contributed by atoms with Crippen LogP contribution in [0.3, 0.4) is 0 Å². The number of esters is 1. The lowest BCUT2D eigenvalue weighted by atomic mass is 10.0. The minimum absolute atomic E-state index is 0.0328. The van der Waals surface area contributed by atoms with E-state index in [0.717, 1.165) is 87.6 Å². The lowest BCUT2D eigenvalue weighted by Gasteiger charge is -2.22. The molecule has 10 nitrogen and oxygen atoms in total. The van der Waals surface area contributed by atoms with E-state index in [1.54, 1.807) is 6.07 Å². The molecule has 0 saturated heterocycles. The van der Waals surface area contributed by atoms with Crippen molar-refractivity contribution in [1.82, 2.24) is 16.0 Å². The van der Waals surface area contributed by atoms with Crippen molar-refractivity contribution >= 4 is 23.7 Å². The number of hydrogen-bond donors (Lipinski definition) is 5. The van der Waals surface area contributed by atoms with Crippen LogP contribution in [-0.4, -0.2) is 50.0 Å². The fraction of sp³-hybridized carbons (Fsp3) is 0.636. The number of unbranched alkanes of at least 4 members (excludes halogenated alkanes) is 5. The molecule has 0 spiro atoms. The highest BCUT2D eigenvalue weighted by Crippen LogP contribution is 2.17. The number of amides is 2. The third kappa shape index (κ3) is 16.0. The lowest BCUT2D eigenvalue weighted by Crippen LogP contribution is -2.37. The molecule has 0 radical (unpaired) electrons. The van der Waals surface area contributed by atoms with E-state index in [0.29, 0.717) is 31.5 Å². The Balaban J connectivity index is 2.51. The van der Waals surface area contributed by atoms with Gasteiger partial charge in [0.25, 0.3) is 5.91 Å². The molecule has 2 amide bonds. The molecule has 7 N–H and O–H groups in total. The molecule has 0 bridgehead atoms. The number of carbonyl (C=O) groups is 3. The van der Waals surface area contributed by atoms with Crippen molar-refractivity contribution in [3.8, 4) is 0 Å². The summed E-state index contributed by atoms with van der Waals surface area (Å²) in [4.78, 5) is 41.1. The molecule has 0 saturated carbocycles. The van der Waals surface area contributed by atoms with Gasteiger partial charge in [0.2, 0.25) is 5.91 Å². The van der Waals surface area contributed by atoms with Gasteiger partial charge in [-0.3, -0.25) is 9.59 Å². The summed E-state index contributed by atoms with van der Waals surface area (Å²) in [5, 5.41) is 9.41. The standard InChI is InChI=1S/C33H56N6O4/c1-6-8-20-36-30(40)17-12-10-9-11-15-28(24(3)7-2)39-29(32(42)43-5)16-13-14-21-37-31(41)26-18-19-27(25(4)22-26)23-38-33(34)35/h18-19,22,29,39H,6-17,20-21,23H2,1-5H3,(H,36,40)(H,37,41)(H4,34,35,38)/b28-24-. The highest BCUT2D eigenvalue weighted by Gasteiger charge is 2.20. The molecule has 0 fully saturated rings. The van der Waals surface area contributed by atoms with Crippen LogP contribution in [0, 0.1) is 6.92 Å². The highest BCUT2D eigenvalue weighted by molar-refractivity contribution is 5.94. The Morgan fingerprint density at radius 3 is 2.26 bits per heavy atom. The smallest absolute Gasteiger partial charge is 0.328 e. The molecule has 10 heteroatoms. The Kier molecular flexibility index (Phi) is 19.2. The van der Waals surface area contributed by atoms with Crippen LogP contribution in [0.1, 0.15) is 119 Å². The van der Waals surface area contributed by atoms with E-state index in [1.807, 2.05) is 19.1 Å². The maximum Gasteiger partial charge on any atom is 0.328 e. The van der Waals surface area contributed by atoms with Gasteiger partial charge in [0, 0.05) is 30.8 Å². The van der Waals surface area contributed by atoms with Gasteiger partial charge in [-0.25, -0.2) is 9.79 Å². The van der Waals surface area contributed by atoms with Gasteiger partial charge in [-0.1, -0.05) is 44.7 Å². The van der Waals surface area contributed by atoms with E-state index in [1.165, 1.54) is 12.7 Å². The Morgan fingerprint density at radius 1 is 0.930 bits per heavy atom. The van der Waals surface area contributed by atoms with Crippen LogP contribution >= 0.6 is 0 Å². The molecule has 242 valence electrons. The summed E-state index contributed by atoms with van der Waals surface area (Å²) in [5.41, 5.74) is 15.6. The monoisotopic (exact) mass is 600 g/mol. The maximum absolute atomic E-state index is 12.6. The van der Waals surface area contributed by atoms with Gasteiger partial charge >= 0.3 is 5.97 Å². The normalized spacial score (nSPS) is 12.1. The van der Waals surface area contributed by atoms with Gasteiger partial charge in [-0.2, -0.15) is 0 Å². The molecule has 0 heterocycles. The number of allylic oxidation sites excluding steroid dienone is 2. The number of benzene rings is 1. The SMILES string of the molecule is CCCCNC(=O)CCCCCC/C(NC(CCCCNC(=O)c1ccc(CN=C(N)N)c(C)c1)C(=O)OC)=C(\C)CC. The number of hydrogen-bond acceptors (Lipinski definition) is 6. The van der Waals surface area contributed by atoms with Crippen LogP contribution in [0.25, 0.3) is 0 Å². The first-order chi connectivity index (χ1) is 20.6. The zero-order valence-corrected chi connectivity index (χ0v) is 27.2. The summed E-state index contributed by atoms with van der Waals surface area (Å²) in [6.07, 6.45) is 10.5. The van der Waals surface area contributed by atoms with Gasteiger partial charge < -0.3 is 32.2 Å². The van der Waals surface area contributed by atoms with E-state index >= 15 is 0 Å².